The Morgan fingerprint density at radius 2 is 1.95 bits per heavy atom. The molecule has 0 aliphatic rings. The fraction of sp³-hybridized carbons (Fsp3) is 0.500. The molecule has 0 saturated heterocycles. The van der Waals surface area contributed by atoms with Gasteiger partial charge < -0.3 is 11.1 Å². The van der Waals surface area contributed by atoms with E-state index in [1.807, 2.05) is 13.8 Å². The Hall–Kier alpha value is -1.36. The standard InChI is InChI=1S/C14H22N2O2S/c1-11(2)10-19(18)9-3-4-14(17)16-13-7-5-12(15)6-8-13/h5-8,11H,3-4,9-10,15H2,1-2H3,(H,16,17). The fourth-order valence-electron chi connectivity index (χ4n) is 1.64. The summed E-state index contributed by atoms with van der Waals surface area (Å²) in [5.41, 5.74) is 6.97. The van der Waals surface area contributed by atoms with Gasteiger partial charge in [0.1, 0.15) is 0 Å². The zero-order chi connectivity index (χ0) is 14.3. The largest absolute Gasteiger partial charge is 0.399 e. The van der Waals surface area contributed by atoms with E-state index in [-0.39, 0.29) is 5.91 Å². The molecule has 1 atom stereocenters. The Labute approximate surface area is 117 Å². The molecule has 0 aliphatic carbocycles. The van der Waals surface area contributed by atoms with Gasteiger partial charge in [0.15, 0.2) is 0 Å². The van der Waals surface area contributed by atoms with E-state index < -0.39 is 10.8 Å². The van der Waals surface area contributed by atoms with Crippen LogP contribution in [0.2, 0.25) is 0 Å². The minimum Gasteiger partial charge on any atom is -0.399 e. The predicted octanol–water partition coefficient (Wildman–Crippen LogP) is 2.39. The molecule has 1 unspecified atom stereocenters. The zero-order valence-corrected chi connectivity index (χ0v) is 12.3. The maximum atomic E-state index is 11.7. The van der Waals surface area contributed by atoms with Crippen molar-refractivity contribution in [3.63, 3.8) is 0 Å². The number of rotatable bonds is 7. The molecule has 4 nitrogen and oxygen atoms in total. The third kappa shape index (κ3) is 6.96. The van der Waals surface area contributed by atoms with E-state index in [0.717, 1.165) is 5.69 Å². The third-order valence-electron chi connectivity index (χ3n) is 2.49. The van der Waals surface area contributed by atoms with Gasteiger partial charge in [-0.2, -0.15) is 0 Å². The smallest absolute Gasteiger partial charge is 0.224 e. The first kappa shape index (κ1) is 15.7. The molecule has 3 N–H and O–H groups in total. The van der Waals surface area contributed by atoms with Crippen LogP contribution in [0.3, 0.4) is 0 Å². The minimum absolute atomic E-state index is 0.0497. The van der Waals surface area contributed by atoms with Gasteiger partial charge in [0, 0.05) is 40.1 Å². The summed E-state index contributed by atoms with van der Waals surface area (Å²) in [6.45, 7) is 4.09. The van der Waals surface area contributed by atoms with E-state index >= 15 is 0 Å². The lowest BCUT2D eigenvalue weighted by molar-refractivity contribution is -0.116. The molecule has 0 heterocycles. The van der Waals surface area contributed by atoms with Crippen LogP contribution in [0.4, 0.5) is 11.4 Å². The molecule has 0 aromatic heterocycles. The Bertz CT molecular complexity index is 430. The number of hydrogen-bond acceptors (Lipinski definition) is 3. The van der Waals surface area contributed by atoms with Gasteiger partial charge in [0.25, 0.3) is 0 Å². The molecule has 106 valence electrons. The molecule has 0 saturated carbocycles. The van der Waals surface area contributed by atoms with Crippen LogP contribution in [0.5, 0.6) is 0 Å². The zero-order valence-electron chi connectivity index (χ0n) is 11.5. The lowest BCUT2D eigenvalue weighted by atomic mass is 10.2. The second-order valence-electron chi connectivity index (χ2n) is 4.98. The van der Waals surface area contributed by atoms with Crippen molar-refractivity contribution in [1.29, 1.82) is 0 Å². The van der Waals surface area contributed by atoms with Gasteiger partial charge in [-0.3, -0.25) is 9.00 Å². The van der Waals surface area contributed by atoms with Gasteiger partial charge in [-0.05, 0) is 36.6 Å². The molecule has 5 heteroatoms. The van der Waals surface area contributed by atoms with Crippen molar-refractivity contribution in [3.05, 3.63) is 24.3 Å². The summed E-state index contributed by atoms with van der Waals surface area (Å²) in [7, 11) is -0.813. The second-order valence-corrected chi connectivity index (χ2v) is 6.60. The highest BCUT2D eigenvalue weighted by atomic mass is 32.2. The average molecular weight is 282 g/mol. The van der Waals surface area contributed by atoms with Crippen LogP contribution in [-0.2, 0) is 15.6 Å². The van der Waals surface area contributed by atoms with Crippen molar-refractivity contribution in [2.75, 3.05) is 22.6 Å². The number of benzene rings is 1. The van der Waals surface area contributed by atoms with Crippen molar-refractivity contribution in [2.24, 2.45) is 5.92 Å². The van der Waals surface area contributed by atoms with E-state index in [2.05, 4.69) is 5.32 Å². The van der Waals surface area contributed by atoms with Crippen molar-refractivity contribution in [3.8, 4) is 0 Å². The van der Waals surface area contributed by atoms with Crippen LogP contribution in [0, 0.1) is 5.92 Å². The molecule has 1 aromatic carbocycles. The highest BCUT2D eigenvalue weighted by Crippen LogP contribution is 2.11. The first-order valence-corrected chi connectivity index (χ1v) is 7.96. The van der Waals surface area contributed by atoms with Gasteiger partial charge in [-0.1, -0.05) is 13.8 Å². The third-order valence-corrected chi connectivity index (χ3v) is 4.27. The van der Waals surface area contributed by atoms with Gasteiger partial charge >= 0.3 is 0 Å². The Balaban J connectivity index is 2.25. The van der Waals surface area contributed by atoms with Crippen molar-refractivity contribution < 1.29 is 9.00 Å². The Morgan fingerprint density at radius 1 is 1.32 bits per heavy atom. The predicted molar refractivity (Wildman–Crippen MR) is 81.4 cm³/mol. The summed E-state index contributed by atoms with van der Waals surface area (Å²) in [6, 6.07) is 7.02. The minimum atomic E-state index is -0.813. The number of amides is 1. The summed E-state index contributed by atoms with van der Waals surface area (Å²) in [4.78, 5) is 11.7. The van der Waals surface area contributed by atoms with Crippen molar-refractivity contribution in [2.45, 2.75) is 26.7 Å². The van der Waals surface area contributed by atoms with Crippen molar-refractivity contribution >= 4 is 28.1 Å². The van der Waals surface area contributed by atoms with Crippen LogP contribution in [0.15, 0.2) is 24.3 Å². The maximum absolute atomic E-state index is 11.7. The summed E-state index contributed by atoms with van der Waals surface area (Å²) in [5.74, 6) is 1.68. The van der Waals surface area contributed by atoms with Crippen molar-refractivity contribution in [1.82, 2.24) is 0 Å². The highest BCUT2D eigenvalue weighted by Gasteiger charge is 2.06. The molecule has 0 aliphatic heterocycles. The lowest BCUT2D eigenvalue weighted by Gasteiger charge is -2.06. The van der Waals surface area contributed by atoms with Crippen LogP contribution in [0.1, 0.15) is 26.7 Å². The van der Waals surface area contributed by atoms with E-state index in [1.54, 1.807) is 24.3 Å². The fourth-order valence-corrected chi connectivity index (χ4v) is 3.02. The van der Waals surface area contributed by atoms with Gasteiger partial charge in [0.05, 0.1) is 0 Å². The van der Waals surface area contributed by atoms with Gasteiger partial charge in [-0.15, -0.1) is 0 Å². The molecule has 0 bridgehead atoms. The summed E-state index contributed by atoms with van der Waals surface area (Å²) in [6.07, 6.45) is 1.05. The van der Waals surface area contributed by atoms with E-state index in [1.165, 1.54) is 0 Å². The molecule has 0 radical (unpaired) electrons. The number of hydrogen-bond donors (Lipinski definition) is 2. The first-order valence-electron chi connectivity index (χ1n) is 6.47. The molecule has 0 fully saturated rings. The number of nitrogens with one attached hydrogen (secondary N) is 1. The van der Waals surface area contributed by atoms with Gasteiger partial charge in [0.2, 0.25) is 5.91 Å². The maximum Gasteiger partial charge on any atom is 0.224 e. The van der Waals surface area contributed by atoms with E-state index in [0.29, 0.717) is 36.0 Å². The second kappa shape index (κ2) is 7.94. The molecular formula is C14H22N2O2S. The van der Waals surface area contributed by atoms with E-state index in [4.69, 9.17) is 5.73 Å². The Kier molecular flexibility index (Phi) is 6.56. The number of nitrogen functional groups attached to an aromatic ring is 1. The summed E-state index contributed by atoms with van der Waals surface area (Å²) < 4.78 is 11.6. The number of nitrogens with two attached hydrogens (primary N) is 1. The Morgan fingerprint density at radius 3 is 2.53 bits per heavy atom. The monoisotopic (exact) mass is 282 g/mol. The summed E-state index contributed by atoms with van der Waals surface area (Å²) in [5, 5.41) is 2.79. The van der Waals surface area contributed by atoms with Gasteiger partial charge in [-0.25, -0.2) is 0 Å². The average Bonchev–Trinajstić information content (AvgIpc) is 2.31. The number of anilines is 2. The molecule has 1 amide bonds. The number of carbonyl (C=O) groups is 1. The molecule has 1 aromatic rings. The number of carbonyl (C=O) groups excluding carboxylic acids is 1. The molecule has 19 heavy (non-hydrogen) atoms. The normalized spacial score (nSPS) is 12.4. The molecule has 0 spiro atoms. The van der Waals surface area contributed by atoms with Crippen LogP contribution < -0.4 is 11.1 Å². The first-order chi connectivity index (χ1) is 8.97. The molecular weight excluding hydrogens is 260 g/mol. The van der Waals surface area contributed by atoms with Crippen LogP contribution in [-0.4, -0.2) is 21.6 Å². The topological polar surface area (TPSA) is 72.2 Å². The summed E-state index contributed by atoms with van der Waals surface area (Å²) >= 11 is 0. The van der Waals surface area contributed by atoms with Crippen LogP contribution >= 0.6 is 0 Å². The quantitative estimate of drug-likeness (QED) is 0.754. The van der Waals surface area contributed by atoms with E-state index in [9.17, 15) is 9.00 Å². The van der Waals surface area contributed by atoms with Crippen LogP contribution in [0.25, 0.3) is 0 Å². The highest BCUT2D eigenvalue weighted by molar-refractivity contribution is 7.84. The SMILES string of the molecule is CC(C)CS(=O)CCCC(=O)Nc1ccc(N)cc1. The lowest BCUT2D eigenvalue weighted by Crippen LogP contribution is -2.14. The molecule has 1 rings (SSSR count).